The van der Waals surface area contributed by atoms with E-state index in [1.807, 2.05) is 0 Å². The summed E-state index contributed by atoms with van der Waals surface area (Å²) in [5, 5.41) is 5.58. The average Bonchev–Trinajstić information content (AvgIpc) is 3.24. The van der Waals surface area contributed by atoms with Gasteiger partial charge in [0.1, 0.15) is 6.10 Å². The number of rotatable bonds is 6. The molecule has 1 saturated carbocycles. The molecular formula is C14H20ClN3O3. The van der Waals surface area contributed by atoms with E-state index in [9.17, 15) is 9.59 Å². The first-order valence-corrected chi connectivity index (χ1v) is 6.59. The van der Waals surface area contributed by atoms with Crippen LogP contribution in [0, 0.1) is 0 Å². The lowest BCUT2D eigenvalue weighted by Gasteiger charge is -2.15. The van der Waals surface area contributed by atoms with Gasteiger partial charge in [-0.3, -0.25) is 9.59 Å². The Bertz CT molecular complexity index is 502. The number of carbonyl (C=O) groups is 2. The van der Waals surface area contributed by atoms with Crippen molar-refractivity contribution in [2.75, 3.05) is 19.0 Å². The summed E-state index contributed by atoms with van der Waals surface area (Å²) < 4.78 is 4.97. The van der Waals surface area contributed by atoms with E-state index < -0.39 is 6.10 Å². The molecule has 1 fully saturated rings. The zero-order chi connectivity index (χ0) is 14.5. The maximum Gasteiger partial charge on any atom is 0.254 e. The van der Waals surface area contributed by atoms with Crippen LogP contribution in [0.1, 0.15) is 23.2 Å². The standard InChI is InChI=1S/C14H19N3O3.ClH/c1-20-12(8-15)14(19)17-11-5-3-2-4-10(11)13(18)16-9-6-7-9;/h2-5,9,12H,6-8,15H2,1H3,(H,16,18)(H,17,19);1H. The lowest BCUT2D eigenvalue weighted by Crippen LogP contribution is -2.36. The predicted molar refractivity (Wildman–Crippen MR) is 82.7 cm³/mol. The molecule has 21 heavy (non-hydrogen) atoms. The van der Waals surface area contributed by atoms with Crippen LogP contribution in [0.25, 0.3) is 0 Å². The van der Waals surface area contributed by atoms with Gasteiger partial charge in [0.15, 0.2) is 0 Å². The van der Waals surface area contributed by atoms with Gasteiger partial charge in [-0.15, -0.1) is 12.4 Å². The number of amides is 2. The lowest BCUT2D eigenvalue weighted by atomic mass is 10.1. The number of methoxy groups -OCH3 is 1. The number of carbonyl (C=O) groups excluding carboxylic acids is 2. The molecule has 0 radical (unpaired) electrons. The average molecular weight is 314 g/mol. The second-order valence-electron chi connectivity index (χ2n) is 4.74. The van der Waals surface area contributed by atoms with Gasteiger partial charge in [-0.25, -0.2) is 0 Å². The van der Waals surface area contributed by atoms with Crippen molar-refractivity contribution < 1.29 is 14.3 Å². The Morgan fingerprint density at radius 1 is 1.38 bits per heavy atom. The third kappa shape index (κ3) is 4.70. The molecule has 0 heterocycles. The zero-order valence-electron chi connectivity index (χ0n) is 11.8. The summed E-state index contributed by atoms with van der Waals surface area (Å²) in [6.45, 7) is 0.0821. The van der Waals surface area contributed by atoms with Gasteiger partial charge in [0.25, 0.3) is 11.8 Å². The Hall–Kier alpha value is -1.63. The highest BCUT2D eigenvalue weighted by Crippen LogP contribution is 2.21. The maximum atomic E-state index is 12.1. The molecule has 0 spiro atoms. The van der Waals surface area contributed by atoms with Crippen molar-refractivity contribution in [1.82, 2.24) is 5.32 Å². The minimum Gasteiger partial charge on any atom is -0.370 e. The van der Waals surface area contributed by atoms with Crippen LogP contribution in [0.2, 0.25) is 0 Å². The van der Waals surface area contributed by atoms with E-state index in [1.54, 1.807) is 24.3 Å². The fraction of sp³-hybridized carbons (Fsp3) is 0.429. The number of nitrogens with two attached hydrogens (primary N) is 1. The smallest absolute Gasteiger partial charge is 0.254 e. The molecule has 116 valence electrons. The normalized spacial score (nSPS) is 14.8. The molecule has 6 nitrogen and oxygen atoms in total. The van der Waals surface area contributed by atoms with Gasteiger partial charge in [0, 0.05) is 19.7 Å². The van der Waals surface area contributed by atoms with Crippen molar-refractivity contribution in [3.05, 3.63) is 29.8 Å². The van der Waals surface area contributed by atoms with Crippen LogP contribution in [-0.4, -0.2) is 37.6 Å². The minimum absolute atomic E-state index is 0. The quantitative estimate of drug-likeness (QED) is 0.728. The van der Waals surface area contributed by atoms with Crippen molar-refractivity contribution in [3.8, 4) is 0 Å². The number of anilines is 1. The summed E-state index contributed by atoms with van der Waals surface area (Å²) in [6, 6.07) is 7.14. The van der Waals surface area contributed by atoms with Crippen LogP contribution >= 0.6 is 12.4 Å². The van der Waals surface area contributed by atoms with Gasteiger partial charge >= 0.3 is 0 Å². The molecule has 0 bridgehead atoms. The molecule has 1 unspecified atom stereocenters. The van der Waals surface area contributed by atoms with Crippen molar-refractivity contribution in [1.29, 1.82) is 0 Å². The Kier molecular flexibility index (Phi) is 6.61. The summed E-state index contributed by atoms with van der Waals surface area (Å²) in [4.78, 5) is 24.0. The van der Waals surface area contributed by atoms with Crippen molar-refractivity contribution in [3.63, 3.8) is 0 Å². The number of hydrogen-bond donors (Lipinski definition) is 3. The SMILES string of the molecule is COC(CN)C(=O)Nc1ccccc1C(=O)NC1CC1.Cl. The Morgan fingerprint density at radius 3 is 2.62 bits per heavy atom. The molecule has 0 saturated heterocycles. The van der Waals surface area contributed by atoms with Crippen LogP contribution in [0.15, 0.2) is 24.3 Å². The molecule has 4 N–H and O–H groups in total. The van der Waals surface area contributed by atoms with Gasteiger partial charge in [-0.05, 0) is 25.0 Å². The van der Waals surface area contributed by atoms with E-state index in [0.717, 1.165) is 12.8 Å². The van der Waals surface area contributed by atoms with Crippen LogP contribution in [0.5, 0.6) is 0 Å². The van der Waals surface area contributed by atoms with Gasteiger partial charge in [0.2, 0.25) is 0 Å². The van der Waals surface area contributed by atoms with Gasteiger partial charge < -0.3 is 21.1 Å². The number of benzene rings is 1. The van der Waals surface area contributed by atoms with Crippen LogP contribution < -0.4 is 16.4 Å². The topological polar surface area (TPSA) is 93.4 Å². The van der Waals surface area contributed by atoms with Gasteiger partial charge in [-0.2, -0.15) is 0 Å². The highest BCUT2D eigenvalue weighted by atomic mass is 35.5. The molecule has 1 aromatic rings. The first-order chi connectivity index (χ1) is 9.65. The summed E-state index contributed by atoms with van der Waals surface area (Å²) in [5.41, 5.74) is 6.35. The number of para-hydroxylation sites is 1. The number of ether oxygens (including phenoxy) is 1. The number of halogens is 1. The summed E-state index contributed by atoms with van der Waals surface area (Å²) >= 11 is 0. The Balaban J connectivity index is 0.00000220. The first kappa shape index (κ1) is 17.4. The molecular weight excluding hydrogens is 294 g/mol. The molecule has 7 heteroatoms. The largest absolute Gasteiger partial charge is 0.370 e. The van der Waals surface area contributed by atoms with Crippen LogP contribution in [0.4, 0.5) is 5.69 Å². The van der Waals surface area contributed by atoms with E-state index in [0.29, 0.717) is 11.3 Å². The van der Waals surface area contributed by atoms with Crippen LogP contribution in [-0.2, 0) is 9.53 Å². The second kappa shape index (κ2) is 7.97. The monoisotopic (exact) mass is 313 g/mol. The van der Waals surface area contributed by atoms with Crippen molar-refractivity contribution in [2.24, 2.45) is 5.73 Å². The van der Waals surface area contributed by atoms with Crippen molar-refractivity contribution in [2.45, 2.75) is 25.0 Å². The third-order valence-electron chi connectivity index (χ3n) is 3.13. The maximum absolute atomic E-state index is 12.1. The summed E-state index contributed by atoms with van der Waals surface area (Å²) in [7, 11) is 1.42. The molecule has 1 aliphatic rings. The molecule has 2 amide bonds. The van der Waals surface area contributed by atoms with Gasteiger partial charge in [-0.1, -0.05) is 12.1 Å². The number of nitrogens with one attached hydrogen (secondary N) is 2. The molecule has 1 aromatic carbocycles. The Morgan fingerprint density at radius 2 is 2.05 bits per heavy atom. The van der Waals surface area contributed by atoms with Crippen molar-refractivity contribution >= 4 is 29.9 Å². The van der Waals surface area contributed by atoms with E-state index >= 15 is 0 Å². The molecule has 1 aliphatic carbocycles. The lowest BCUT2D eigenvalue weighted by molar-refractivity contribution is -0.125. The second-order valence-corrected chi connectivity index (χ2v) is 4.74. The third-order valence-corrected chi connectivity index (χ3v) is 3.13. The molecule has 1 atom stereocenters. The minimum atomic E-state index is -0.727. The van der Waals surface area contributed by atoms with Crippen LogP contribution in [0.3, 0.4) is 0 Å². The van der Waals surface area contributed by atoms with E-state index in [1.165, 1.54) is 7.11 Å². The molecule has 2 rings (SSSR count). The zero-order valence-corrected chi connectivity index (χ0v) is 12.6. The van der Waals surface area contributed by atoms with E-state index in [2.05, 4.69) is 10.6 Å². The van der Waals surface area contributed by atoms with Gasteiger partial charge in [0.05, 0.1) is 11.3 Å². The summed E-state index contributed by atoms with van der Waals surface area (Å²) in [6.07, 6.45) is 1.30. The fourth-order valence-corrected chi connectivity index (χ4v) is 1.80. The molecule has 0 aromatic heterocycles. The molecule has 0 aliphatic heterocycles. The predicted octanol–water partition coefficient (Wildman–Crippen LogP) is 0.913. The Labute approximate surface area is 129 Å². The fourth-order valence-electron chi connectivity index (χ4n) is 1.80. The van der Waals surface area contributed by atoms with E-state index in [-0.39, 0.29) is 36.8 Å². The highest BCUT2D eigenvalue weighted by Gasteiger charge is 2.25. The number of hydrogen-bond acceptors (Lipinski definition) is 4. The highest BCUT2D eigenvalue weighted by molar-refractivity contribution is 6.04. The summed E-state index contributed by atoms with van der Waals surface area (Å²) in [5.74, 6) is -0.535. The first-order valence-electron chi connectivity index (χ1n) is 6.59. The van der Waals surface area contributed by atoms with E-state index in [4.69, 9.17) is 10.5 Å².